The maximum absolute atomic E-state index is 12.4. The van der Waals surface area contributed by atoms with Crippen LogP contribution in [0.2, 0.25) is 0 Å². The fraction of sp³-hybridized carbons (Fsp3) is 0.483. The molecule has 4 heteroatoms. The average molecular weight is 455 g/mol. The highest BCUT2D eigenvalue weighted by molar-refractivity contribution is 5.92. The van der Waals surface area contributed by atoms with Gasteiger partial charge in [-0.15, -0.1) is 0 Å². The van der Waals surface area contributed by atoms with Crippen molar-refractivity contribution in [1.82, 2.24) is 0 Å². The quantitative estimate of drug-likeness (QED) is 0.211. The first kappa shape index (κ1) is 28.3. The highest BCUT2D eigenvalue weighted by Gasteiger charge is 2.14. The summed E-state index contributed by atoms with van der Waals surface area (Å²) in [6.07, 6.45) is 15.4. The van der Waals surface area contributed by atoms with Gasteiger partial charge in [0.2, 0.25) is 0 Å². The van der Waals surface area contributed by atoms with E-state index >= 15 is 0 Å². The van der Waals surface area contributed by atoms with Crippen LogP contribution in [0, 0.1) is 0 Å². The molecule has 4 nitrogen and oxygen atoms in total. The first-order chi connectivity index (χ1) is 15.8. The molecule has 0 aliphatic rings. The fourth-order valence-corrected chi connectivity index (χ4v) is 3.29. The van der Waals surface area contributed by atoms with Crippen LogP contribution in [0.5, 0.6) is 11.5 Å². The molecule has 0 radical (unpaired) electrons. The summed E-state index contributed by atoms with van der Waals surface area (Å²) in [6, 6.07) is 5.05. The number of carbonyl (C=O) groups is 1. The summed E-state index contributed by atoms with van der Waals surface area (Å²) in [5.74, 6) is 0.671. The third-order valence-electron chi connectivity index (χ3n) is 5.43. The Bertz CT molecular complexity index is 868. The molecule has 0 aliphatic heterocycles. The largest absolute Gasteiger partial charge is 0.497 e. The van der Waals surface area contributed by atoms with Gasteiger partial charge < -0.3 is 14.2 Å². The Morgan fingerprint density at radius 1 is 0.758 bits per heavy atom. The van der Waals surface area contributed by atoms with Gasteiger partial charge in [-0.05, 0) is 91.4 Å². The molecule has 0 aliphatic carbocycles. The summed E-state index contributed by atoms with van der Waals surface area (Å²) < 4.78 is 15.8. The van der Waals surface area contributed by atoms with Crippen molar-refractivity contribution in [2.24, 2.45) is 0 Å². The van der Waals surface area contributed by atoms with E-state index in [2.05, 4.69) is 52.8 Å². The minimum atomic E-state index is -0.404. The molecule has 0 amide bonds. The van der Waals surface area contributed by atoms with Gasteiger partial charge in [0.25, 0.3) is 0 Å². The number of hydrogen-bond acceptors (Lipinski definition) is 4. The van der Waals surface area contributed by atoms with Gasteiger partial charge in [-0.1, -0.05) is 40.5 Å². The number of hydrogen-bond donors (Lipinski definition) is 0. The van der Waals surface area contributed by atoms with Crippen LogP contribution >= 0.6 is 0 Å². The van der Waals surface area contributed by atoms with E-state index in [9.17, 15) is 4.79 Å². The molecule has 33 heavy (non-hydrogen) atoms. The Morgan fingerprint density at radius 2 is 1.30 bits per heavy atom. The van der Waals surface area contributed by atoms with Gasteiger partial charge in [0.15, 0.2) is 0 Å². The molecule has 0 N–H and O–H groups in total. The fourth-order valence-electron chi connectivity index (χ4n) is 3.29. The molecule has 182 valence electrons. The molecule has 0 atom stereocenters. The summed E-state index contributed by atoms with van der Waals surface area (Å²) in [5.41, 5.74) is 5.89. The molecule has 0 spiro atoms. The van der Waals surface area contributed by atoms with Gasteiger partial charge in [-0.3, -0.25) is 0 Å². The van der Waals surface area contributed by atoms with Crippen molar-refractivity contribution in [2.45, 2.75) is 73.1 Å². The number of carbonyl (C=O) groups excluding carboxylic acids is 1. The number of methoxy groups -OCH3 is 2. The Hall–Kier alpha value is -2.75. The standard InChI is InChI=1S/C29H42O4/c1-22(2)11-8-12-23(3)13-9-14-24(4)15-10-16-25(5)19-20-33-29(30)27-18-17-26(31-6)21-28(27)32-7/h11,13,15,17-19,21H,8-10,12,14,16,20H2,1-7H3. The first-order valence-electron chi connectivity index (χ1n) is 11.8. The normalized spacial score (nSPS) is 12.4. The maximum atomic E-state index is 12.4. The highest BCUT2D eigenvalue weighted by Crippen LogP contribution is 2.25. The highest BCUT2D eigenvalue weighted by atomic mass is 16.5. The van der Waals surface area contributed by atoms with E-state index < -0.39 is 5.97 Å². The lowest BCUT2D eigenvalue weighted by Crippen LogP contribution is -2.07. The minimum Gasteiger partial charge on any atom is -0.497 e. The van der Waals surface area contributed by atoms with Gasteiger partial charge >= 0.3 is 5.97 Å². The molecule has 0 fully saturated rings. The first-order valence-corrected chi connectivity index (χ1v) is 11.8. The van der Waals surface area contributed by atoms with Crippen molar-refractivity contribution in [3.8, 4) is 11.5 Å². The molecule has 0 heterocycles. The molecule has 0 unspecified atom stereocenters. The zero-order chi connectivity index (χ0) is 24.6. The van der Waals surface area contributed by atoms with Gasteiger partial charge in [0.1, 0.15) is 23.7 Å². The van der Waals surface area contributed by atoms with Crippen molar-refractivity contribution in [3.63, 3.8) is 0 Å². The van der Waals surface area contributed by atoms with Crippen molar-refractivity contribution >= 4 is 5.97 Å². The molecule has 1 aromatic rings. The van der Waals surface area contributed by atoms with Crippen LogP contribution in [-0.2, 0) is 4.74 Å². The molecule has 0 saturated carbocycles. The smallest absolute Gasteiger partial charge is 0.342 e. The molecular weight excluding hydrogens is 412 g/mol. The average Bonchev–Trinajstić information content (AvgIpc) is 2.78. The van der Waals surface area contributed by atoms with Crippen LogP contribution in [-0.4, -0.2) is 26.8 Å². The molecular formula is C29H42O4. The summed E-state index contributed by atoms with van der Waals surface area (Å²) in [4.78, 5) is 12.4. The lowest BCUT2D eigenvalue weighted by molar-refractivity contribution is 0.0545. The lowest BCUT2D eigenvalue weighted by Gasteiger charge is -2.09. The molecule has 0 saturated heterocycles. The topological polar surface area (TPSA) is 44.8 Å². The maximum Gasteiger partial charge on any atom is 0.342 e. The lowest BCUT2D eigenvalue weighted by atomic mass is 10.0. The van der Waals surface area contributed by atoms with Gasteiger partial charge in [0.05, 0.1) is 14.2 Å². The summed E-state index contributed by atoms with van der Waals surface area (Å²) in [6.45, 7) is 11.1. The van der Waals surface area contributed by atoms with Crippen LogP contribution in [0.4, 0.5) is 0 Å². The predicted octanol–water partition coefficient (Wildman–Crippen LogP) is 8.01. The SMILES string of the molecule is COc1ccc(C(=O)OCC=C(C)CCC=C(C)CCC=C(C)CCC=C(C)C)c(OC)c1. The van der Waals surface area contributed by atoms with E-state index in [1.165, 1.54) is 29.4 Å². The van der Waals surface area contributed by atoms with E-state index in [-0.39, 0.29) is 6.61 Å². The van der Waals surface area contributed by atoms with E-state index in [0.717, 1.165) is 38.5 Å². The second kappa shape index (κ2) is 16.0. The van der Waals surface area contributed by atoms with Crippen molar-refractivity contribution in [2.75, 3.05) is 20.8 Å². The van der Waals surface area contributed by atoms with Crippen LogP contribution in [0.15, 0.2) is 64.8 Å². The van der Waals surface area contributed by atoms with E-state index in [0.29, 0.717) is 17.1 Å². The zero-order valence-corrected chi connectivity index (χ0v) is 21.6. The Kier molecular flexibility index (Phi) is 13.7. The number of rotatable bonds is 14. The number of ether oxygens (including phenoxy) is 3. The van der Waals surface area contributed by atoms with Crippen LogP contribution < -0.4 is 9.47 Å². The Morgan fingerprint density at radius 3 is 1.82 bits per heavy atom. The number of benzene rings is 1. The predicted molar refractivity (Wildman–Crippen MR) is 138 cm³/mol. The van der Waals surface area contributed by atoms with E-state index in [4.69, 9.17) is 14.2 Å². The number of esters is 1. The number of allylic oxidation sites excluding steroid dienone is 7. The Balaban J connectivity index is 2.38. The van der Waals surface area contributed by atoms with Gasteiger partial charge in [0, 0.05) is 6.07 Å². The van der Waals surface area contributed by atoms with E-state index in [1.54, 1.807) is 25.3 Å². The summed E-state index contributed by atoms with van der Waals surface area (Å²) in [7, 11) is 3.10. The molecule has 0 aromatic heterocycles. The third-order valence-corrected chi connectivity index (χ3v) is 5.43. The van der Waals surface area contributed by atoms with Gasteiger partial charge in [-0.25, -0.2) is 4.79 Å². The van der Waals surface area contributed by atoms with Crippen molar-refractivity contribution in [3.05, 3.63) is 70.4 Å². The monoisotopic (exact) mass is 454 g/mol. The van der Waals surface area contributed by atoms with Crippen LogP contribution in [0.3, 0.4) is 0 Å². The van der Waals surface area contributed by atoms with Crippen LogP contribution in [0.25, 0.3) is 0 Å². The minimum absolute atomic E-state index is 0.249. The van der Waals surface area contributed by atoms with E-state index in [1.807, 2.05) is 6.08 Å². The van der Waals surface area contributed by atoms with Crippen LogP contribution in [0.1, 0.15) is 83.5 Å². The third kappa shape index (κ3) is 12.2. The van der Waals surface area contributed by atoms with Crippen molar-refractivity contribution in [1.29, 1.82) is 0 Å². The second-order valence-corrected chi connectivity index (χ2v) is 8.71. The zero-order valence-electron chi connectivity index (χ0n) is 21.6. The summed E-state index contributed by atoms with van der Waals surface area (Å²) >= 11 is 0. The molecule has 0 bridgehead atoms. The van der Waals surface area contributed by atoms with Crippen molar-refractivity contribution < 1.29 is 19.0 Å². The Labute approximate surface area is 201 Å². The molecule has 1 aromatic carbocycles. The summed E-state index contributed by atoms with van der Waals surface area (Å²) in [5, 5.41) is 0. The molecule has 1 rings (SSSR count). The van der Waals surface area contributed by atoms with Gasteiger partial charge in [-0.2, -0.15) is 0 Å². The second-order valence-electron chi connectivity index (χ2n) is 8.71.